The Hall–Kier alpha value is -5.58. The van der Waals surface area contributed by atoms with Gasteiger partial charge in [0.2, 0.25) is 17.7 Å². The number of ether oxygens (including phenoxy) is 12. The first-order valence-corrected chi connectivity index (χ1v) is 29.2. The Balaban J connectivity index is 0.929. The molecule has 31 nitrogen and oxygen atoms in total. The van der Waals surface area contributed by atoms with Crippen molar-refractivity contribution >= 4 is 29.4 Å². The summed E-state index contributed by atoms with van der Waals surface area (Å²) in [7, 11) is 0. The number of anilines is 2. The van der Waals surface area contributed by atoms with Gasteiger partial charge >= 0.3 is 12.4 Å². The molecule has 0 spiro atoms. The van der Waals surface area contributed by atoms with Crippen molar-refractivity contribution in [3.63, 3.8) is 0 Å². The van der Waals surface area contributed by atoms with E-state index in [2.05, 4.69) is 56.5 Å². The van der Waals surface area contributed by atoms with Crippen molar-refractivity contribution in [2.45, 2.75) is 106 Å². The molecule has 8 atom stereocenters. The number of nitrogens with zero attached hydrogens (tertiary/aromatic N) is 7. The van der Waals surface area contributed by atoms with Crippen LogP contribution in [0.5, 0.6) is 0 Å². The van der Waals surface area contributed by atoms with Crippen molar-refractivity contribution in [1.82, 2.24) is 35.9 Å². The minimum Gasteiger partial charge on any atom is -0.388 e. The van der Waals surface area contributed by atoms with Crippen molar-refractivity contribution in [3.8, 4) is 0 Å². The van der Waals surface area contributed by atoms with Crippen molar-refractivity contribution in [1.29, 1.82) is 0 Å². The number of azide groups is 1. The van der Waals surface area contributed by atoms with Gasteiger partial charge in [0.1, 0.15) is 48.3 Å². The summed E-state index contributed by atoms with van der Waals surface area (Å²) in [5.74, 6) is -1.27. The van der Waals surface area contributed by atoms with Gasteiger partial charge in [0.15, 0.2) is 11.4 Å². The fraction of sp³-hybridized carbons (Fsp3) is 0.792. The highest BCUT2D eigenvalue weighted by Gasteiger charge is 2.41. The third kappa shape index (κ3) is 33.1. The van der Waals surface area contributed by atoms with E-state index in [1.807, 2.05) is 0 Å². The van der Waals surface area contributed by atoms with Crippen molar-refractivity contribution in [2.24, 2.45) is 5.11 Å². The molecule has 0 aromatic carbocycles. The number of nitrogens with one attached hydrogen (secondary N) is 5. The van der Waals surface area contributed by atoms with Gasteiger partial charge in [0.25, 0.3) is 0 Å². The van der Waals surface area contributed by atoms with E-state index in [1.165, 1.54) is 0 Å². The highest BCUT2D eigenvalue weighted by atomic mass is 19.4. The van der Waals surface area contributed by atoms with Crippen LogP contribution in [0.25, 0.3) is 10.4 Å². The molecule has 0 radical (unpaired) electrons. The Morgan fingerprint density at radius 1 is 0.533 bits per heavy atom. The predicted molar refractivity (Wildman–Crippen MR) is 300 cm³/mol. The minimum atomic E-state index is -4.70. The first-order valence-electron chi connectivity index (χ1n) is 29.2. The number of aromatic nitrogens is 4. The van der Waals surface area contributed by atoms with Crippen LogP contribution in [0.1, 0.15) is 49.9 Å². The van der Waals surface area contributed by atoms with Gasteiger partial charge in [-0.2, -0.15) is 26.3 Å². The first kappa shape index (κ1) is 76.9. The summed E-state index contributed by atoms with van der Waals surface area (Å²) in [6.07, 6.45) is -11.3. The smallest absolute Gasteiger partial charge is 0.388 e. The molecule has 512 valence electrons. The zero-order chi connectivity index (χ0) is 65.2. The summed E-state index contributed by atoms with van der Waals surface area (Å²) in [5.41, 5.74) is 6.03. The summed E-state index contributed by atoms with van der Waals surface area (Å²) in [6.45, 7) is 3.84. The number of rotatable bonds is 49. The van der Waals surface area contributed by atoms with Crippen molar-refractivity contribution in [3.05, 3.63) is 46.6 Å². The van der Waals surface area contributed by atoms with Gasteiger partial charge in [0.05, 0.1) is 188 Å². The molecule has 9 N–H and O–H groups in total. The molecule has 2 aromatic rings. The minimum absolute atomic E-state index is 0.0360. The quantitative estimate of drug-likeness (QED) is 0.0142. The van der Waals surface area contributed by atoms with E-state index < -0.39 is 78.5 Å². The van der Waals surface area contributed by atoms with Crippen LogP contribution in [0.15, 0.2) is 29.9 Å². The lowest BCUT2D eigenvalue weighted by molar-refractivity contribution is -0.161. The molecule has 2 aliphatic heterocycles. The van der Waals surface area contributed by atoms with Crippen molar-refractivity contribution in [2.75, 3.05) is 176 Å². The molecule has 37 heteroatoms. The van der Waals surface area contributed by atoms with Gasteiger partial charge in [-0.25, -0.2) is 9.97 Å². The molecule has 0 unspecified atom stereocenters. The summed E-state index contributed by atoms with van der Waals surface area (Å²) >= 11 is 0. The van der Waals surface area contributed by atoms with Crippen LogP contribution in [0.2, 0.25) is 0 Å². The van der Waals surface area contributed by atoms with Gasteiger partial charge in [-0.15, -0.1) is 0 Å². The molecule has 2 saturated heterocycles. The van der Waals surface area contributed by atoms with E-state index in [9.17, 15) is 61.2 Å². The Bertz CT molecular complexity index is 2210. The first-order chi connectivity index (χ1) is 43.3. The number of amides is 3. The molecule has 4 rings (SSSR count). The summed E-state index contributed by atoms with van der Waals surface area (Å²) in [4.78, 5) is 54.1. The average molecular weight is 1310 g/mol. The van der Waals surface area contributed by atoms with E-state index in [1.54, 1.807) is 0 Å². The van der Waals surface area contributed by atoms with E-state index in [4.69, 9.17) is 62.4 Å². The van der Waals surface area contributed by atoms with Crippen LogP contribution >= 0.6 is 0 Å². The lowest BCUT2D eigenvalue weighted by Crippen LogP contribution is -2.57. The fourth-order valence-corrected chi connectivity index (χ4v) is 8.16. The van der Waals surface area contributed by atoms with Crippen LogP contribution in [0.4, 0.5) is 38.0 Å². The molecule has 4 heterocycles. The fourth-order valence-electron chi connectivity index (χ4n) is 8.16. The molecule has 0 bridgehead atoms. The highest BCUT2D eigenvalue weighted by Crippen LogP contribution is 2.29. The van der Waals surface area contributed by atoms with Gasteiger partial charge < -0.3 is 104 Å². The Labute approximate surface area is 515 Å². The molecular weight excluding hydrogens is 1220 g/mol. The number of hydrogen-bond acceptors (Lipinski definition) is 26. The third-order valence-corrected chi connectivity index (χ3v) is 12.9. The summed E-state index contributed by atoms with van der Waals surface area (Å²) in [5, 5.41) is 59.0. The lowest BCUT2D eigenvalue weighted by Gasteiger charge is -2.38. The maximum absolute atomic E-state index is 13.0. The highest BCUT2D eigenvalue weighted by molar-refractivity contribution is 5.76. The van der Waals surface area contributed by atoms with E-state index in [0.717, 1.165) is 12.4 Å². The number of carbonyl (C=O) groups excluding carboxylic acids is 3. The van der Waals surface area contributed by atoms with Crippen LogP contribution in [0, 0.1) is 0 Å². The van der Waals surface area contributed by atoms with E-state index in [0.29, 0.717) is 38.2 Å². The number of alkyl halides is 6. The monoisotopic (exact) mass is 1310 g/mol. The van der Waals surface area contributed by atoms with Gasteiger partial charge in [0, 0.05) is 43.8 Å². The number of halogens is 6. The number of unbranched alkanes of at least 4 members (excludes halogenated alkanes) is 2. The molecule has 90 heavy (non-hydrogen) atoms. The van der Waals surface area contributed by atoms with Crippen LogP contribution in [-0.4, -0.2) is 278 Å². The number of hydrogen-bond donors (Lipinski definition) is 9. The summed E-state index contributed by atoms with van der Waals surface area (Å²) < 4.78 is 144. The van der Waals surface area contributed by atoms with Crippen LogP contribution in [-0.2, 0) is 83.6 Å². The number of carbonyl (C=O) groups is 3. The Morgan fingerprint density at radius 2 is 0.933 bits per heavy atom. The normalized spacial score (nSPS) is 20.3. The lowest BCUT2D eigenvalue weighted by atomic mass is 9.98. The Kier molecular flexibility index (Phi) is 38.3. The predicted octanol–water partition coefficient (Wildman–Crippen LogP) is 0.341. The summed E-state index contributed by atoms with van der Waals surface area (Å²) in [6, 6.07) is -2.46. The second-order valence-corrected chi connectivity index (χ2v) is 20.0. The number of aliphatic hydroxyl groups is 4. The molecule has 2 aromatic heterocycles. The number of aliphatic hydroxyl groups excluding tert-OH is 4. The van der Waals surface area contributed by atoms with Crippen LogP contribution in [0.3, 0.4) is 0 Å². The second-order valence-electron chi connectivity index (χ2n) is 20.0. The SMILES string of the molecule is [N-]=[N+]=NCCCCCC(=O)NC(COCCC(=O)NCCOCCOCCOCCOC[C@H]1OC[C@H](Nc2cncc(C(F)(F)F)n2)[C@@H](O)[C@H]1O)COCCC(=O)NCCOCCOCCOCCOC[C@H]1OC[C@H](Nc2cncc(C(F)(F)F)n2)[C@@H](O)[C@H]1O. The largest absolute Gasteiger partial charge is 0.434 e. The molecule has 2 fully saturated rings. The van der Waals surface area contributed by atoms with Crippen molar-refractivity contribution < 1.29 is 118 Å². The average Bonchev–Trinajstić information content (AvgIpc) is 1.15. The molecule has 0 aliphatic carbocycles. The molecule has 3 amide bonds. The Morgan fingerprint density at radius 3 is 1.33 bits per heavy atom. The zero-order valence-corrected chi connectivity index (χ0v) is 49.7. The standard InChI is InChI=1S/C53H84F6N12O19/c54-52(55,56)41-26-61-28-43(69-41)67-37-32-89-39(50(77)48(37)75)34-87-24-22-83-20-18-81-16-14-79-12-8-63-45(72)5-10-85-30-36(66-47(74)4-2-1-3-7-65-71-60)31-86-11-6-46(73)64-9-13-80-15-17-82-19-21-84-23-25-88-35-40-51(78)49(76)38(33-90-40)68-44-29-62-27-42(70-44)53(57,58)59/h26-29,36-40,48-51,75-78H,1-25,30-35H2,(H,63,72)(H,64,73)(H,66,74)(H,67,69)(H,68,70)/t37-,38-,39+,40+,48+,49+,50-,51-/m0/s1. The van der Waals surface area contributed by atoms with E-state index >= 15 is 0 Å². The molecule has 2 aliphatic rings. The van der Waals surface area contributed by atoms with E-state index in [-0.39, 0.29) is 207 Å². The van der Waals surface area contributed by atoms with Gasteiger partial charge in [-0.3, -0.25) is 24.4 Å². The maximum Gasteiger partial charge on any atom is 0.434 e. The third-order valence-electron chi connectivity index (χ3n) is 12.9. The van der Waals surface area contributed by atoms with Gasteiger partial charge in [-0.05, 0) is 18.4 Å². The molecular formula is C53H84F6N12O19. The second kappa shape index (κ2) is 44.8. The zero-order valence-electron chi connectivity index (χ0n) is 49.7. The maximum atomic E-state index is 13.0. The van der Waals surface area contributed by atoms with Crippen LogP contribution < -0.4 is 26.6 Å². The molecule has 0 saturated carbocycles. The topological polar surface area (TPSA) is 403 Å². The van der Waals surface area contributed by atoms with Gasteiger partial charge in [-0.1, -0.05) is 11.5 Å².